The minimum Gasteiger partial charge on any atom is -0.493 e. The summed E-state index contributed by atoms with van der Waals surface area (Å²) in [4.78, 5) is 17.5. The van der Waals surface area contributed by atoms with Crippen LogP contribution in [0.4, 0.5) is 0 Å². The highest BCUT2D eigenvalue weighted by atomic mass is 32.2. The van der Waals surface area contributed by atoms with Crippen LogP contribution >= 0.6 is 0 Å². The molecule has 0 bridgehead atoms. The lowest BCUT2D eigenvalue weighted by atomic mass is 10.0. The number of hydrogen-bond donors (Lipinski definition) is 0. The molecule has 8 nitrogen and oxygen atoms in total. The largest absolute Gasteiger partial charge is 0.493 e. The zero-order chi connectivity index (χ0) is 24.5. The zero-order valence-corrected chi connectivity index (χ0v) is 20.3. The molecule has 0 aliphatic rings. The van der Waals surface area contributed by atoms with Gasteiger partial charge < -0.3 is 13.9 Å². The van der Waals surface area contributed by atoms with E-state index in [-0.39, 0.29) is 17.0 Å². The van der Waals surface area contributed by atoms with Crippen LogP contribution in [0.25, 0.3) is 22.4 Å². The van der Waals surface area contributed by atoms with Crippen molar-refractivity contribution in [1.82, 2.24) is 9.55 Å². The fraction of sp³-hybridized carbons (Fsp3) is 0.280. The van der Waals surface area contributed by atoms with Crippen LogP contribution in [-0.4, -0.2) is 43.7 Å². The zero-order valence-electron chi connectivity index (χ0n) is 19.4. The van der Waals surface area contributed by atoms with Crippen molar-refractivity contribution in [3.63, 3.8) is 0 Å². The van der Waals surface area contributed by atoms with Crippen LogP contribution in [0.1, 0.15) is 24.1 Å². The van der Waals surface area contributed by atoms with Crippen molar-refractivity contribution in [2.45, 2.75) is 19.9 Å². The number of benzene rings is 2. The Morgan fingerprint density at radius 1 is 1.12 bits per heavy atom. The summed E-state index contributed by atoms with van der Waals surface area (Å²) in [5.74, 6) is -0.0432. The molecule has 2 aromatic heterocycles. The minimum atomic E-state index is -3.48. The number of oxazole rings is 1. The van der Waals surface area contributed by atoms with E-state index in [0.717, 1.165) is 22.9 Å². The van der Waals surface area contributed by atoms with Crippen molar-refractivity contribution in [1.29, 1.82) is 0 Å². The van der Waals surface area contributed by atoms with E-state index < -0.39 is 21.6 Å². The molecule has 0 spiro atoms. The standard InChI is InChI=1S/C25H26N2O6S/c1-5-32-22-12-17(10-11-21(22)31-3)20(15-34(4,29)30)27-24-23(33-25(27)28)13-18(14-26-24)19-9-7-6-8-16(19)2/h6-14,20H,5,15H2,1-4H3. The fourth-order valence-corrected chi connectivity index (χ4v) is 4.93. The summed E-state index contributed by atoms with van der Waals surface area (Å²) in [5, 5.41) is 0. The first-order valence-electron chi connectivity index (χ1n) is 10.8. The second-order valence-electron chi connectivity index (χ2n) is 8.05. The lowest BCUT2D eigenvalue weighted by molar-refractivity contribution is 0.310. The average molecular weight is 483 g/mol. The smallest absolute Gasteiger partial charge is 0.421 e. The van der Waals surface area contributed by atoms with Gasteiger partial charge in [-0.05, 0) is 48.7 Å². The highest BCUT2D eigenvalue weighted by Gasteiger charge is 2.27. The second kappa shape index (κ2) is 9.34. The summed E-state index contributed by atoms with van der Waals surface area (Å²) in [7, 11) is -1.96. The topological polar surface area (TPSA) is 101 Å². The molecule has 0 aliphatic heterocycles. The Labute approximate surface area is 197 Å². The molecule has 1 unspecified atom stereocenters. The number of fused-ring (bicyclic) bond motifs is 1. The first-order chi connectivity index (χ1) is 16.2. The van der Waals surface area contributed by atoms with Gasteiger partial charge in [-0.25, -0.2) is 22.8 Å². The van der Waals surface area contributed by atoms with E-state index in [1.165, 1.54) is 11.7 Å². The third-order valence-electron chi connectivity index (χ3n) is 5.56. The molecule has 2 heterocycles. The molecule has 0 N–H and O–H groups in total. The van der Waals surface area contributed by atoms with Gasteiger partial charge in [-0.3, -0.25) is 0 Å². The maximum Gasteiger partial charge on any atom is 0.421 e. The first kappa shape index (κ1) is 23.6. The number of pyridine rings is 1. The fourth-order valence-electron chi connectivity index (χ4n) is 4.02. The highest BCUT2D eigenvalue weighted by Crippen LogP contribution is 2.33. The molecule has 0 aliphatic carbocycles. The molecule has 2 aromatic carbocycles. The van der Waals surface area contributed by atoms with Gasteiger partial charge in [0, 0.05) is 18.0 Å². The van der Waals surface area contributed by atoms with Gasteiger partial charge in [0.05, 0.1) is 25.5 Å². The quantitative estimate of drug-likeness (QED) is 0.374. The number of hydrogen-bond acceptors (Lipinski definition) is 7. The first-order valence-corrected chi connectivity index (χ1v) is 12.8. The minimum absolute atomic E-state index is 0.268. The molecule has 4 rings (SSSR count). The molecule has 178 valence electrons. The summed E-state index contributed by atoms with van der Waals surface area (Å²) >= 11 is 0. The summed E-state index contributed by atoms with van der Waals surface area (Å²) in [6.07, 6.45) is 2.79. The number of nitrogens with zero attached hydrogens (tertiary/aromatic N) is 2. The molecule has 1 atom stereocenters. The SMILES string of the molecule is CCOc1cc(C(CS(C)(=O)=O)n2c(=O)oc3cc(-c4ccccc4C)cnc32)ccc1OC. The van der Waals surface area contributed by atoms with Crippen molar-refractivity contribution in [3.8, 4) is 22.6 Å². The Morgan fingerprint density at radius 3 is 2.56 bits per heavy atom. The van der Waals surface area contributed by atoms with Crippen molar-refractivity contribution >= 4 is 21.1 Å². The monoisotopic (exact) mass is 482 g/mol. The van der Waals surface area contributed by atoms with Gasteiger partial charge in [0.2, 0.25) is 0 Å². The Hall–Kier alpha value is -3.59. The molecule has 0 fully saturated rings. The van der Waals surface area contributed by atoms with E-state index in [2.05, 4.69) is 4.98 Å². The van der Waals surface area contributed by atoms with E-state index in [0.29, 0.717) is 23.7 Å². The van der Waals surface area contributed by atoms with E-state index in [4.69, 9.17) is 13.9 Å². The molecule has 4 aromatic rings. The van der Waals surface area contributed by atoms with Crippen molar-refractivity contribution in [2.75, 3.05) is 25.7 Å². The van der Waals surface area contributed by atoms with Gasteiger partial charge in [-0.15, -0.1) is 0 Å². The van der Waals surface area contributed by atoms with Crippen LogP contribution in [0, 0.1) is 6.92 Å². The van der Waals surface area contributed by atoms with Gasteiger partial charge in [-0.1, -0.05) is 30.3 Å². The Kier molecular flexibility index (Phi) is 6.47. The van der Waals surface area contributed by atoms with Gasteiger partial charge in [0.25, 0.3) is 0 Å². The third-order valence-corrected chi connectivity index (χ3v) is 6.48. The number of ether oxygens (including phenoxy) is 2. The Bertz CT molecular complexity index is 1500. The predicted octanol–water partition coefficient (Wildman–Crippen LogP) is 4.01. The number of methoxy groups -OCH3 is 1. The lowest BCUT2D eigenvalue weighted by Crippen LogP contribution is -2.27. The van der Waals surface area contributed by atoms with Gasteiger partial charge in [-0.2, -0.15) is 0 Å². The Morgan fingerprint density at radius 2 is 1.88 bits per heavy atom. The molecule has 0 amide bonds. The number of rotatable bonds is 8. The molecular weight excluding hydrogens is 456 g/mol. The van der Waals surface area contributed by atoms with E-state index >= 15 is 0 Å². The molecule has 9 heteroatoms. The van der Waals surface area contributed by atoms with Crippen molar-refractivity contribution < 1.29 is 22.3 Å². The number of aryl methyl sites for hydroxylation is 1. The van der Waals surface area contributed by atoms with E-state index in [1.54, 1.807) is 30.5 Å². The van der Waals surface area contributed by atoms with Crippen molar-refractivity contribution in [3.05, 3.63) is 76.4 Å². The van der Waals surface area contributed by atoms with Crippen LogP contribution in [-0.2, 0) is 9.84 Å². The maximum absolute atomic E-state index is 13.0. The summed E-state index contributed by atoms with van der Waals surface area (Å²) in [6, 6.07) is 13.8. The van der Waals surface area contributed by atoms with Crippen molar-refractivity contribution in [2.24, 2.45) is 0 Å². The Balaban J connectivity index is 1.89. The van der Waals surface area contributed by atoms with Gasteiger partial charge in [0.1, 0.15) is 9.84 Å². The van der Waals surface area contributed by atoms with Crippen LogP contribution in [0.5, 0.6) is 11.5 Å². The van der Waals surface area contributed by atoms with Gasteiger partial charge >= 0.3 is 5.76 Å². The van der Waals surface area contributed by atoms with Crippen LogP contribution in [0.15, 0.2) is 63.9 Å². The number of aromatic nitrogens is 2. The van der Waals surface area contributed by atoms with Crippen LogP contribution < -0.4 is 15.2 Å². The third kappa shape index (κ3) is 4.70. The second-order valence-corrected chi connectivity index (χ2v) is 10.2. The summed E-state index contributed by atoms with van der Waals surface area (Å²) < 4.78 is 42.5. The number of sulfone groups is 1. The van der Waals surface area contributed by atoms with Crippen LogP contribution in [0.3, 0.4) is 0 Å². The van der Waals surface area contributed by atoms with Gasteiger partial charge in [0.15, 0.2) is 22.7 Å². The molecule has 0 saturated carbocycles. The predicted molar refractivity (Wildman–Crippen MR) is 130 cm³/mol. The highest BCUT2D eigenvalue weighted by molar-refractivity contribution is 7.90. The van der Waals surface area contributed by atoms with E-state index in [1.807, 2.05) is 38.1 Å². The van der Waals surface area contributed by atoms with E-state index in [9.17, 15) is 13.2 Å². The molecule has 34 heavy (non-hydrogen) atoms. The maximum atomic E-state index is 13.0. The summed E-state index contributed by atoms with van der Waals surface area (Å²) in [6.45, 7) is 4.22. The molecule has 0 saturated heterocycles. The molecular formula is C25H26N2O6S. The lowest BCUT2D eigenvalue weighted by Gasteiger charge is -2.19. The normalized spacial score (nSPS) is 12.6. The average Bonchev–Trinajstić information content (AvgIpc) is 3.12. The molecule has 0 radical (unpaired) electrons. The summed E-state index contributed by atoms with van der Waals surface area (Å²) in [5.41, 5.74) is 3.93. The van der Waals surface area contributed by atoms with Crippen LogP contribution in [0.2, 0.25) is 0 Å².